The zero-order valence-corrected chi connectivity index (χ0v) is 15.6. The third kappa shape index (κ3) is 3.29. The molecule has 6 rings (SSSR count). The molecular weight excluding hydrogens is 338 g/mol. The molecule has 0 spiro atoms. The Labute approximate surface area is 159 Å². The van der Waals surface area contributed by atoms with Crippen molar-refractivity contribution in [3.63, 3.8) is 0 Å². The van der Waals surface area contributed by atoms with E-state index in [9.17, 15) is 9.90 Å². The zero-order chi connectivity index (χ0) is 18.5. The average molecular weight is 365 g/mol. The third-order valence-corrected chi connectivity index (χ3v) is 6.85. The first kappa shape index (κ1) is 17.0. The Hall–Kier alpha value is -2.14. The maximum Gasteiger partial charge on any atom is 0.227 e. The number of amides is 1. The molecule has 27 heavy (non-hydrogen) atoms. The van der Waals surface area contributed by atoms with Crippen LogP contribution in [0.25, 0.3) is 0 Å². The number of nitrogens with one attached hydrogen (secondary N) is 1. The molecular formula is C22H27N3O2. The normalized spacial score (nSPS) is 34.0. The molecule has 1 amide bonds. The number of hydrogen-bond donors (Lipinski definition) is 2. The van der Waals surface area contributed by atoms with Gasteiger partial charge in [0.1, 0.15) is 0 Å². The van der Waals surface area contributed by atoms with Crippen molar-refractivity contribution in [3.05, 3.63) is 48.3 Å². The van der Waals surface area contributed by atoms with Crippen molar-refractivity contribution in [1.29, 1.82) is 0 Å². The summed E-state index contributed by atoms with van der Waals surface area (Å²) in [5.41, 5.74) is 0.643. The first-order chi connectivity index (χ1) is 13.0. The van der Waals surface area contributed by atoms with E-state index in [-0.39, 0.29) is 11.3 Å². The molecule has 0 saturated heterocycles. The van der Waals surface area contributed by atoms with Crippen molar-refractivity contribution in [2.75, 3.05) is 5.32 Å². The Balaban J connectivity index is 1.28. The summed E-state index contributed by atoms with van der Waals surface area (Å²) in [7, 11) is 0. The number of rotatable bonds is 5. The van der Waals surface area contributed by atoms with E-state index in [1.54, 1.807) is 6.20 Å². The molecule has 0 aliphatic heterocycles. The Morgan fingerprint density at radius 3 is 2.63 bits per heavy atom. The second-order valence-electron chi connectivity index (χ2n) is 9.27. The predicted molar refractivity (Wildman–Crippen MR) is 103 cm³/mol. The first-order valence-corrected chi connectivity index (χ1v) is 10.1. The molecule has 4 bridgehead atoms. The molecule has 5 heteroatoms. The number of anilines is 1. The Kier molecular flexibility index (Phi) is 3.90. The highest BCUT2D eigenvalue weighted by Gasteiger charge is 2.57. The summed E-state index contributed by atoms with van der Waals surface area (Å²) in [5, 5.41) is 13.9. The first-order valence-electron chi connectivity index (χ1n) is 10.1. The molecule has 0 unspecified atom stereocenters. The fourth-order valence-corrected chi connectivity index (χ4v) is 6.46. The summed E-state index contributed by atoms with van der Waals surface area (Å²) in [5.74, 6) is 1.83. The fourth-order valence-electron chi connectivity index (χ4n) is 6.46. The van der Waals surface area contributed by atoms with Gasteiger partial charge in [0.2, 0.25) is 11.9 Å². The van der Waals surface area contributed by atoms with Crippen LogP contribution in [0.1, 0.15) is 50.5 Å². The van der Waals surface area contributed by atoms with Crippen LogP contribution in [0, 0.1) is 17.3 Å². The van der Waals surface area contributed by atoms with E-state index >= 15 is 0 Å². The summed E-state index contributed by atoms with van der Waals surface area (Å²) < 4.78 is 1.97. The van der Waals surface area contributed by atoms with Gasteiger partial charge in [0.15, 0.2) is 0 Å². The van der Waals surface area contributed by atoms with Gasteiger partial charge in [0.25, 0.3) is 0 Å². The van der Waals surface area contributed by atoms with Crippen LogP contribution in [0.3, 0.4) is 0 Å². The molecule has 2 aromatic rings. The molecule has 1 heterocycles. The summed E-state index contributed by atoms with van der Waals surface area (Å²) in [6.45, 7) is 0.686. The highest BCUT2D eigenvalue weighted by molar-refractivity contribution is 5.89. The minimum atomic E-state index is -0.518. The quantitative estimate of drug-likeness (QED) is 0.851. The van der Waals surface area contributed by atoms with Crippen molar-refractivity contribution in [2.24, 2.45) is 17.3 Å². The minimum absolute atomic E-state index is 0.0141. The lowest BCUT2D eigenvalue weighted by Crippen LogP contribution is -2.56. The Morgan fingerprint density at radius 1 is 1.19 bits per heavy atom. The highest BCUT2D eigenvalue weighted by Crippen LogP contribution is 2.62. The van der Waals surface area contributed by atoms with Crippen molar-refractivity contribution < 1.29 is 9.90 Å². The van der Waals surface area contributed by atoms with Crippen LogP contribution in [0.4, 0.5) is 5.95 Å². The molecule has 0 radical (unpaired) electrons. The largest absolute Gasteiger partial charge is 0.390 e. The molecule has 4 aliphatic rings. The van der Waals surface area contributed by atoms with Crippen molar-refractivity contribution >= 4 is 11.9 Å². The molecule has 142 valence electrons. The zero-order valence-electron chi connectivity index (χ0n) is 15.6. The van der Waals surface area contributed by atoms with Gasteiger partial charge in [-0.1, -0.05) is 30.3 Å². The number of benzene rings is 1. The topological polar surface area (TPSA) is 67.2 Å². The summed E-state index contributed by atoms with van der Waals surface area (Å²) in [4.78, 5) is 17.2. The van der Waals surface area contributed by atoms with Gasteiger partial charge in [-0.05, 0) is 61.3 Å². The van der Waals surface area contributed by atoms with Gasteiger partial charge in [-0.25, -0.2) is 4.98 Å². The van der Waals surface area contributed by atoms with E-state index in [1.807, 2.05) is 29.0 Å². The van der Waals surface area contributed by atoms with Gasteiger partial charge in [-0.2, -0.15) is 0 Å². The van der Waals surface area contributed by atoms with Gasteiger partial charge in [0, 0.05) is 18.8 Å². The molecule has 1 aromatic carbocycles. The van der Waals surface area contributed by atoms with Gasteiger partial charge >= 0.3 is 0 Å². The van der Waals surface area contributed by atoms with Crippen molar-refractivity contribution in [1.82, 2.24) is 9.55 Å². The maximum absolute atomic E-state index is 12.9. The molecule has 5 nitrogen and oxygen atoms in total. The summed E-state index contributed by atoms with van der Waals surface area (Å²) in [6.07, 6.45) is 10.2. The molecule has 2 N–H and O–H groups in total. The SMILES string of the molecule is O=C(CC12C[C@H]3C[C@@H](CC(O)(C3)C1)C2)Nc1nccn1Cc1ccccc1. The Morgan fingerprint density at radius 2 is 1.93 bits per heavy atom. The lowest BCUT2D eigenvalue weighted by molar-refractivity contribution is -0.167. The molecule has 2 atom stereocenters. The van der Waals surface area contributed by atoms with Gasteiger partial charge in [0.05, 0.1) is 12.1 Å². The van der Waals surface area contributed by atoms with E-state index in [1.165, 1.54) is 12.0 Å². The number of imidazole rings is 1. The number of aliphatic hydroxyl groups is 1. The van der Waals surface area contributed by atoms with E-state index in [0.29, 0.717) is 30.7 Å². The lowest BCUT2D eigenvalue weighted by Gasteiger charge is -2.60. The van der Waals surface area contributed by atoms with E-state index < -0.39 is 5.60 Å². The minimum Gasteiger partial charge on any atom is -0.390 e. The number of aromatic nitrogens is 2. The molecule has 4 fully saturated rings. The number of carbonyl (C=O) groups is 1. The molecule has 4 saturated carbocycles. The van der Waals surface area contributed by atoms with Crippen LogP contribution in [-0.4, -0.2) is 26.2 Å². The third-order valence-electron chi connectivity index (χ3n) is 6.85. The van der Waals surface area contributed by atoms with Crippen LogP contribution in [0.15, 0.2) is 42.7 Å². The van der Waals surface area contributed by atoms with E-state index in [4.69, 9.17) is 0 Å². The summed E-state index contributed by atoms with van der Waals surface area (Å²) in [6, 6.07) is 10.2. The number of hydrogen-bond acceptors (Lipinski definition) is 3. The van der Waals surface area contributed by atoms with E-state index in [2.05, 4.69) is 22.4 Å². The fraction of sp³-hybridized carbons (Fsp3) is 0.545. The maximum atomic E-state index is 12.9. The summed E-state index contributed by atoms with van der Waals surface area (Å²) >= 11 is 0. The standard InChI is InChI=1S/C22H27N3O2/c26-19(13-21-9-17-8-18(10-21)12-22(27,11-17)15-21)24-20-23-6-7-25(20)14-16-4-2-1-3-5-16/h1-7,17-18,27H,8-15H2,(H,23,24,26)/t17-,18-,21?,22?/m1/s1. The van der Waals surface area contributed by atoms with Crippen LogP contribution >= 0.6 is 0 Å². The second-order valence-corrected chi connectivity index (χ2v) is 9.27. The van der Waals surface area contributed by atoms with Gasteiger partial charge < -0.3 is 9.67 Å². The predicted octanol–water partition coefficient (Wildman–Crippen LogP) is 3.59. The molecule has 1 aromatic heterocycles. The average Bonchev–Trinajstić information content (AvgIpc) is 2.99. The van der Waals surface area contributed by atoms with Crippen LogP contribution in [-0.2, 0) is 11.3 Å². The number of carbonyl (C=O) groups excluding carboxylic acids is 1. The van der Waals surface area contributed by atoms with Gasteiger partial charge in [-0.15, -0.1) is 0 Å². The highest BCUT2D eigenvalue weighted by atomic mass is 16.3. The van der Waals surface area contributed by atoms with Crippen LogP contribution < -0.4 is 5.32 Å². The van der Waals surface area contributed by atoms with Crippen molar-refractivity contribution in [3.8, 4) is 0 Å². The second kappa shape index (κ2) is 6.20. The molecule has 4 aliphatic carbocycles. The Bertz CT molecular complexity index is 830. The number of nitrogens with zero attached hydrogens (tertiary/aromatic N) is 2. The smallest absolute Gasteiger partial charge is 0.227 e. The monoisotopic (exact) mass is 365 g/mol. The van der Waals surface area contributed by atoms with Crippen LogP contribution in [0.5, 0.6) is 0 Å². The lowest BCUT2D eigenvalue weighted by atomic mass is 9.47. The van der Waals surface area contributed by atoms with E-state index in [0.717, 1.165) is 32.1 Å². The van der Waals surface area contributed by atoms with Crippen molar-refractivity contribution in [2.45, 2.75) is 57.1 Å². The van der Waals surface area contributed by atoms with Gasteiger partial charge in [-0.3, -0.25) is 10.1 Å². The van der Waals surface area contributed by atoms with Crippen LogP contribution in [0.2, 0.25) is 0 Å².